The molecule has 0 rings (SSSR count). The zero-order valence-electron chi connectivity index (χ0n) is 14.3. The second-order valence-corrected chi connectivity index (χ2v) is 7.58. The Morgan fingerprint density at radius 1 is 0.750 bits per heavy atom. The smallest absolute Gasteiger partial charge is 0.160 e. The molecule has 122 valence electrons. The van der Waals surface area contributed by atoms with Gasteiger partial charge in [-0.25, -0.2) is 0 Å². The maximum absolute atomic E-state index is 6.03. The molecule has 0 amide bonds. The Labute approximate surface area is 135 Å². The first-order valence-electron chi connectivity index (χ1n) is 8.17. The van der Waals surface area contributed by atoms with Gasteiger partial charge in [-0.3, -0.25) is 0 Å². The maximum atomic E-state index is 6.03. The number of ether oxygens (including phenoxy) is 2. The molecule has 0 aliphatic heterocycles. The lowest BCUT2D eigenvalue weighted by atomic mass is 9.93. The van der Waals surface area contributed by atoms with Crippen LogP contribution in [0.3, 0.4) is 0 Å². The van der Waals surface area contributed by atoms with E-state index in [9.17, 15) is 0 Å². The van der Waals surface area contributed by atoms with Gasteiger partial charge in [-0.15, -0.1) is 0 Å². The summed E-state index contributed by atoms with van der Waals surface area (Å²) in [5, 5.41) is 1.04. The van der Waals surface area contributed by atoms with Crippen LogP contribution in [-0.2, 0) is 9.47 Å². The molecule has 0 fully saturated rings. The summed E-state index contributed by atoms with van der Waals surface area (Å²) in [6.07, 6.45) is 3.31. The average molecular weight is 351 g/mol. The summed E-state index contributed by atoms with van der Waals surface area (Å²) < 4.78 is 12.1. The molecule has 2 atom stereocenters. The topological polar surface area (TPSA) is 18.5 Å². The van der Waals surface area contributed by atoms with Crippen LogP contribution >= 0.6 is 15.9 Å². The van der Waals surface area contributed by atoms with Crippen molar-refractivity contribution >= 4 is 15.9 Å². The molecule has 0 N–H and O–H groups in total. The Morgan fingerprint density at radius 3 is 1.55 bits per heavy atom. The van der Waals surface area contributed by atoms with Crippen LogP contribution in [0.15, 0.2) is 0 Å². The van der Waals surface area contributed by atoms with Gasteiger partial charge in [0.15, 0.2) is 6.29 Å². The van der Waals surface area contributed by atoms with Crippen LogP contribution in [0, 0.1) is 23.7 Å². The van der Waals surface area contributed by atoms with Crippen molar-refractivity contribution in [3.8, 4) is 0 Å². The SMILES string of the molecule is CC(C)CCOC(OCCC(C)C)C(C)C(C)CCBr. The molecule has 0 saturated heterocycles. The molecular weight excluding hydrogens is 316 g/mol. The summed E-state index contributed by atoms with van der Waals surface area (Å²) in [7, 11) is 0. The van der Waals surface area contributed by atoms with Gasteiger partial charge < -0.3 is 9.47 Å². The fourth-order valence-electron chi connectivity index (χ4n) is 1.89. The molecule has 0 aromatic rings. The molecule has 0 bridgehead atoms. The van der Waals surface area contributed by atoms with E-state index in [1.807, 2.05) is 0 Å². The first-order chi connectivity index (χ1) is 9.38. The Hall–Kier alpha value is 0.400. The van der Waals surface area contributed by atoms with Crippen LogP contribution in [0.5, 0.6) is 0 Å². The van der Waals surface area contributed by atoms with Crippen LogP contribution in [0.4, 0.5) is 0 Å². The number of rotatable bonds is 12. The third-order valence-electron chi connectivity index (χ3n) is 3.85. The summed E-state index contributed by atoms with van der Waals surface area (Å²) >= 11 is 3.53. The Morgan fingerprint density at radius 2 is 1.20 bits per heavy atom. The number of halogens is 1. The maximum Gasteiger partial charge on any atom is 0.160 e. The molecule has 0 aliphatic carbocycles. The minimum absolute atomic E-state index is 0.0541. The van der Waals surface area contributed by atoms with Crippen LogP contribution in [0.1, 0.15) is 60.8 Å². The first-order valence-corrected chi connectivity index (χ1v) is 9.29. The van der Waals surface area contributed by atoms with Crippen LogP contribution in [0.2, 0.25) is 0 Å². The zero-order valence-corrected chi connectivity index (χ0v) is 15.9. The quantitative estimate of drug-likeness (QED) is 0.342. The molecule has 0 aromatic heterocycles. The van der Waals surface area contributed by atoms with Crippen molar-refractivity contribution in [2.45, 2.75) is 67.1 Å². The van der Waals surface area contributed by atoms with Gasteiger partial charge in [0.1, 0.15) is 0 Å². The highest BCUT2D eigenvalue weighted by Gasteiger charge is 2.24. The van der Waals surface area contributed by atoms with Crippen molar-refractivity contribution in [1.82, 2.24) is 0 Å². The number of alkyl halides is 1. The van der Waals surface area contributed by atoms with E-state index in [0.29, 0.717) is 23.7 Å². The molecule has 2 nitrogen and oxygen atoms in total. The van der Waals surface area contributed by atoms with Crippen LogP contribution in [0.25, 0.3) is 0 Å². The lowest BCUT2D eigenvalue weighted by Crippen LogP contribution is -2.31. The predicted molar refractivity (Wildman–Crippen MR) is 91.3 cm³/mol. The van der Waals surface area contributed by atoms with Gasteiger partial charge in [0.2, 0.25) is 0 Å². The van der Waals surface area contributed by atoms with E-state index in [-0.39, 0.29) is 6.29 Å². The summed E-state index contributed by atoms with van der Waals surface area (Å²) in [5.41, 5.74) is 0. The number of hydrogen-bond acceptors (Lipinski definition) is 2. The highest BCUT2D eigenvalue weighted by Crippen LogP contribution is 2.23. The molecule has 0 spiro atoms. The molecule has 0 aromatic carbocycles. The minimum Gasteiger partial charge on any atom is -0.352 e. The van der Waals surface area contributed by atoms with E-state index in [1.54, 1.807) is 0 Å². The van der Waals surface area contributed by atoms with Gasteiger partial charge in [0.05, 0.1) is 0 Å². The molecule has 0 heterocycles. The van der Waals surface area contributed by atoms with E-state index in [4.69, 9.17) is 9.47 Å². The molecule has 20 heavy (non-hydrogen) atoms. The predicted octanol–water partition coefficient (Wildman–Crippen LogP) is 5.50. The summed E-state index contributed by atoms with van der Waals surface area (Å²) in [4.78, 5) is 0. The second-order valence-electron chi connectivity index (χ2n) is 6.79. The molecule has 0 radical (unpaired) electrons. The Balaban J connectivity index is 4.28. The summed E-state index contributed by atoms with van der Waals surface area (Å²) in [6.45, 7) is 15.1. The van der Waals surface area contributed by atoms with Crippen LogP contribution in [-0.4, -0.2) is 24.8 Å². The molecule has 0 aliphatic rings. The van der Waals surface area contributed by atoms with Gasteiger partial charge in [0.25, 0.3) is 0 Å². The fraction of sp³-hybridized carbons (Fsp3) is 1.00. The van der Waals surface area contributed by atoms with E-state index in [2.05, 4.69) is 57.5 Å². The van der Waals surface area contributed by atoms with E-state index < -0.39 is 0 Å². The first kappa shape index (κ1) is 20.4. The van der Waals surface area contributed by atoms with Gasteiger partial charge >= 0.3 is 0 Å². The second kappa shape index (κ2) is 12.0. The normalized spacial score (nSPS) is 15.3. The summed E-state index contributed by atoms with van der Waals surface area (Å²) in [5.74, 6) is 2.41. The van der Waals surface area contributed by atoms with E-state index in [0.717, 1.165) is 31.4 Å². The lowest BCUT2D eigenvalue weighted by molar-refractivity contribution is -0.180. The standard InChI is InChI=1S/C17H35BrO2/c1-13(2)8-11-19-17(20-12-9-14(3)4)16(6)15(5)7-10-18/h13-17H,7-12H2,1-6H3. The van der Waals surface area contributed by atoms with Gasteiger partial charge in [-0.1, -0.05) is 57.5 Å². The van der Waals surface area contributed by atoms with E-state index in [1.165, 1.54) is 6.42 Å². The number of hydrogen-bond donors (Lipinski definition) is 0. The van der Waals surface area contributed by atoms with Crippen molar-refractivity contribution in [2.75, 3.05) is 18.5 Å². The average Bonchev–Trinajstić information content (AvgIpc) is 2.35. The van der Waals surface area contributed by atoms with Gasteiger partial charge in [0, 0.05) is 24.5 Å². The monoisotopic (exact) mass is 350 g/mol. The minimum atomic E-state index is -0.0541. The third kappa shape index (κ3) is 10.2. The highest BCUT2D eigenvalue weighted by atomic mass is 79.9. The Bertz CT molecular complexity index is 205. The van der Waals surface area contributed by atoms with Gasteiger partial charge in [-0.05, 0) is 37.0 Å². The van der Waals surface area contributed by atoms with Gasteiger partial charge in [-0.2, -0.15) is 0 Å². The largest absolute Gasteiger partial charge is 0.352 e. The Kier molecular flexibility index (Phi) is 12.2. The summed E-state index contributed by atoms with van der Waals surface area (Å²) in [6, 6.07) is 0. The molecule has 0 saturated carbocycles. The lowest BCUT2D eigenvalue weighted by Gasteiger charge is -2.29. The molecule has 2 unspecified atom stereocenters. The fourth-order valence-corrected chi connectivity index (χ4v) is 2.62. The molecule has 3 heteroatoms. The van der Waals surface area contributed by atoms with Crippen molar-refractivity contribution in [2.24, 2.45) is 23.7 Å². The zero-order chi connectivity index (χ0) is 15.5. The van der Waals surface area contributed by atoms with Crippen molar-refractivity contribution in [1.29, 1.82) is 0 Å². The third-order valence-corrected chi connectivity index (χ3v) is 4.30. The van der Waals surface area contributed by atoms with Crippen LogP contribution < -0.4 is 0 Å². The highest BCUT2D eigenvalue weighted by molar-refractivity contribution is 9.09. The van der Waals surface area contributed by atoms with Crippen molar-refractivity contribution < 1.29 is 9.47 Å². The van der Waals surface area contributed by atoms with E-state index >= 15 is 0 Å². The van der Waals surface area contributed by atoms with Crippen molar-refractivity contribution in [3.63, 3.8) is 0 Å². The molecular formula is C17H35BrO2. The van der Waals surface area contributed by atoms with Crippen molar-refractivity contribution in [3.05, 3.63) is 0 Å².